The number of anilines is 1. The molecular weight excluding hydrogens is 348 g/mol. The van der Waals surface area contributed by atoms with E-state index in [1.54, 1.807) is 0 Å². The largest absolute Gasteiger partial charge is 0.375 e. The number of fused-ring (bicyclic) bond motifs is 3. The molecule has 6 heteroatoms. The van der Waals surface area contributed by atoms with Crippen LogP contribution in [0.2, 0.25) is 0 Å². The zero-order chi connectivity index (χ0) is 14.4. The molecule has 2 N–H and O–H groups in total. The van der Waals surface area contributed by atoms with Crippen molar-refractivity contribution in [3.05, 3.63) is 46.2 Å². The van der Waals surface area contributed by atoms with Crippen LogP contribution in [-0.4, -0.2) is 15.0 Å². The number of rotatable bonds is 1. The van der Waals surface area contributed by atoms with E-state index in [0.29, 0.717) is 5.13 Å². The number of hydrogen-bond donors (Lipinski definition) is 1. The molecule has 0 saturated heterocycles. The van der Waals surface area contributed by atoms with E-state index >= 15 is 0 Å². The summed E-state index contributed by atoms with van der Waals surface area (Å²) in [4.78, 5) is 14.8. The molecule has 0 atom stereocenters. The van der Waals surface area contributed by atoms with Crippen molar-refractivity contribution in [2.45, 2.75) is 12.8 Å². The molecular formula is C15H11BrN4S. The van der Waals surface area contributed by atoms with Gasteiger partial charge in [-0.1, -0.05) is 45.5 Å². The van der Waals surface area contributed by atoms with E-state index in [1.165, 1.54) is 16.9 Å². The summed E-state index contributed by atoms with van der Waals surface area (Å²) in [7, 11) is 0. The Morgan fingerprint density at radius 1 is 1.14 bits per heavy atom. The third-order valence-corrected chi connectivity index (χ3v) is 5.16. The van der Waals surface area contributed by atoms with Crippen molar-refractivity contribution in [1.29, 1.82) is 0 Å². The number of nitrogens with two attached hydrogens (primary N) is 1. The molecule has 0 spiro atoms. The van der Waals surface area contributed by atoms with Crippen LogP contribution in [0.25, 0.3) is 22.0 Å². The molecule has 1 aliphatic rings. The van der Waals surface area contributed by atoms with E-state index in [-0.39, 0.29) is 0 Å². The maximum absolute atomic E-state index is 5.85. The number of aromatic nitrogens is 3. The summed E-state index contributed by atoms with van der Waals surface area (Å²) < 4.78 is 0.991. The standard InChI is InChI=1S/C15H11BrN4S/c16-10-4-2-1-3-9(10)14-18-7-8-5-6-11-13(12(8)20-14)21-15(17)19-11/h1-4,7H,5-6H2,(H2,17,19). The summed E-state index contributed by atoms with van der Waals surface area (Å²) in [6, 6.07) is 7.97. The van der Waals surface area contributed by atoms with Gasteiger partial charge in [0.2, 0.25) is 0 Å². The Hall–Kier alpha value is -1.79. The van der Waals surface area contributed by atoms with Gasteiger partial charge in [-0.3, -0.25) is 0 Å². The third-order valence-electron chi connectivity index (χ3n) is 3.54. The fourth-order valence-electron chi connectivity index (χ4n) is 2.54. The van der Waals surface area contributed by atoms with Crippen LogP contribution in [0, 0.1) is 0 Å². The fourth-order valence-corrected chi connectivity index (χ4v) is 3.90. The van der Waals surface area contributed by atoms with Crippen molar-refractivity contribution in [3.8, 4) is 22.0 Å². The van der Waals surface area contributed by atoms with Crippen LogP contribution < -0.4 is 5.73 Å². The summed E-state index contributed by atoms with van der Waals surface area (Å²) >= 11 is 5.06. The maximum atomic E-state index is 5.85. The molecule has 4 rings (SSSR count). The Balaban J connectivity index is 1.90. The van der Waals surface area contributed by atoms with Crippen molar-refractivity contribution in [2.75, 3.05) is 5.73 Å². The van der Waals surface area contributed by atoms with Crippen molar-refractivity contribution in [3.63, 3.8) is 0 Å². The van der Waals surface area contributed by atoms with Crippen molar-refractivity contribution < 1.29 is 0 Å². The Morgan fingerprint density at radius 3 is 2.86 bits per heavy atom. The summed E-state index contributed by atoms with van der Waals surface area (Å²) in [6.07, 6.45) is 3.76. The number of halogens is 1. The average Bonchev–Trinajstić information content (AvgIpc) is 2.88. The van der Waals surface area contributed by atoms with Crippen LogP contribution in [0.5, 0.6) is 0 Å². The Kier molecular flexibility index (Phi) is 3.01. The predicted octanol–water partition coefficient (Wildman–Crippen LogP) is 3.71. The lowest BCUT2D eigenvalue weighted by Crippen LogP contribution is -2.06. The first-order chi connectivity index (χ1) is 10.2. The minimum atomic E-state index is 0.605. The average molecular weight is 359 g/mol. The second-order valence-corrected chi connectivity index (χ2v) is 6.76. The second-order valence-electron chi connectivity index (χ2n) is 4.88. The van der Waals surface area contributed by atoms with Gasteiger partial charge < -0.3 is 5.73 Å². The molecule has 0 bridgehead atoms. The summed E-state index contributed by atoms with van der Waals surface area (Å²) in [5, 5.41) is 0.605. The van der Waals surface area contributed by atoms with Crippen LogP contribution in [0.3, 0.4) is 0 Å². The highest BCUT2D eigenvalue weighted by molar-refractivity contribution is 9.10. The van der Waals surface area contributed by atoms with E-state index in [4.69, 9.17) is 10.7 Å². The zero-order valence-electron chi connectivity index (χ0n) is 11.0. The van der Waals surface area contributed by atoms with Gasteiger partial charge in [-0.05, 0) is 24.5 Å². The SMILES string of the molecule is Nc1nc2c(s1)-c1nc(-c3ccccc3Br)ncc1CC2. The van der Waals surface area contributed by atoms with Crippen LogP contribution in [0.15, 0.2) is 34.9 Å². The van der Waals surface area contributed by atoms with Gasteiger partial charge in [-0.25, -0.2) is 15.0 Å². The molecule has 3 aromatic rings. The molecule has 2 aromatic heterocycles. The number of nitrogens with zero attached hydrogens (tertiary/aromatic N) is 3. The number of thiazole rings is 1. The van der Waals surface area contributed by atoms with Crippen molar-refractivity contribution >= 4 is 32.4 Å². The summed E-state index contributed by atoms with van der Waals surface area (Å²) in [5.74, 6) is 0.723. The smallest absolute Gasteiger partial charge is 0.180 e. The Bertz CT molecular complexity index is 843. The molecule has 0 fully saturated rings. The quantitative estimate of drug-likeness (QED) is 0.719. The minimum Gasteiger partial charge on any atom is -0.375 e. The highest BCUT2D eigenvalue weighted by atomic mass is 79.9. The minimum absolute atomic E-state index is 0.605. The van der Waals surface area contributed by atoms with E-state index in [1.807, 2.05) is 30.5 Å². The number of hydrogen-bond acceptors (Lipinski definition) is 5. The van der Waals surface area contributed by atoms with Gasteiger partial charge >= 0.3 is 0 Å². The van der Waals surface area contributed by atoms with Gasteiger partial charge in [-0.15, -0.1) is 0 Å². The monoisotopic (exact) mass is 358 g/mol. The van der Waals surface area contributed by atoms with E-state index in [9.17, 15) is 0 Å². The molecule has 0 amide bonds. The molecule has 4 nitrogen and oxygen atoms in total. The number of benzene rings is 1. The van der Waals surface area contributed by atoms with Crippen LogP contribution >= 0.6 is 27.3 Å². The van der Waals surface area contributed by atoms with E-state index in [0.717, 1.165) is 45.0 Å². The normalized spacial score (nSPS) is 12.8. The zero-order valence-corrected chi connectivity index (χ0v) is 13.4. The van der Waals surface area contributed by atoms with Gasteiger partial charge in [0.1, 0.15) is 0 Å². The molecule has 21 heavy (non-hydrogen) atoms. The van der Waals surface area contributed by atoms with Gasteiger partial charge in [0.05, 0.1) is 16.3 Å². The van der Waals surface area contributed by atoms with Gasteiger partial charge in [0.15, 0.2) is 11.0 Å². The molecule has 0 unspecified atom stereocenters. The van der Waals surface area contributed by atoms with Crippen LogP contribution in [0.4, 0.5) is 5.13 Å². The lowest BCUT2D eigenvalue weighted by Gasteiger charge is -2.14. The predicted molar refractivity (Wildman–Crippen MR) is 88.1 cm³/mol. The summed E-state index contributed by atoms with van der Waals surface area (Å²) in [5.41, 5.74) is 10.0. The van der Waals surface area contributed by atoms with Gasteiger partial charge in [-0.2, -0.15) is 0 Å². The van der Waals surface area contributed by atoms with Gasteiger partial charge in [0, 0.05) is 16.2 Å². The maximum Gasteiger partial charge on any atom is 0.180 e. The molecule has 1 aromatic carbocycles. The topological polar surface area (TPSA) is 64.7 Å². The molecule has 0 saturated carbocycles. The highest BCUT2D eigenvalue weighted by Crippen LogP contribution is 2.38. The molecule has 104 valence electrons. The van der Waals surface area contributed by atoms with Gasteiger partial charge in [0.25, 0.3) is 0 Å². The third kappa shape index (κ3) is 2.15. The first kappa shape index (κ1) is 12.9. The first-order valence-electron chi connectivity index (χ1n) is 6.59. The highest BCUT2D eigenvalue weighted by Gasteiger charge is 2.23. The second kappa shape index (κ2) is 4.89. The van der Waals surface area contributed by atoms with E-state index in [2.05, 4.69) is 25.9 Å². The Morgan fingerprint density at radius 2 is 2.00 bits per heavy atom. The molecule has 2 heterocycles. The Labute approximate surface area is 134 Å². The molecule has 0 aliphatic heterocycles. The van der Waals surface area contributed by atoms with E-state index < -0.39 is 0 Å². The van der Waals surface area contributed by atoms with Crippen molar-refractivity contribution in [2.24, 2.45) is 0 Å². The first-order valence-corrected chi connectivity index (χ1v) is 8.19. The lowest BCUT2D eigenvalue weighted by atomic mass is 9.99. The number of aryl methyl sites for hydroxylation is 2. The van der Waals surface area contributed by atoms with Crippen LogP contribution in [-0.2, 0) is 12.8 Å². The van der Waals surface area contributed by atoms with Crippen molar-refractivity contribution in [1.82, 2.24) is 15.0 Å². The molecule has 0 radical (unpaired) electrons. The number of nitrogen functional groups attached to an aromatic ring is 1. The summed E-state index contributed by atoms with van der Waals surface area (Å²) in [6.45, 7) is 0. The lowest BCUT2D eigenvalue weighted by molar-refractivity contribution is 0.889. The van der Waals surface area contributed by atoms with Crippen LogP contribution in [0.1, 0.15) is 11.3 Å². The molecule has 1 aliphatic carbocycles. The fraction of sp³-hybridized carbons (Fsp3) is 0.133.